The summed E-state index contributed by atoms with van der Waals surface area (Å²) in [6.45, 7) is 3.26. The van der Waals surface area contributed by atoms with Crippen molar-refractivity contribution in [2.24, 2.45) is 0 Å². The standard InChI is InChI=1S/C13H20N2O2/c1-16-13(6-9-17-11-13)10-14-8-5-12-4-2-3-7-15-12/h2-4,7,14H,5-6,8-11H2,1H3. The number of rotatable bonds is 6. The maximum Gasteiger partial charge on any atom is 0.106 e. The fraction of sp³-hybridized carbons (Fsp3) is 0.615. The minimum absolute atomic E-state index is 0.121. The zero-order valence-corrected chi connectivity index (χ0v) is 10.3. The summed E-state index contributed by atoms with van der Waals surface area (Å²) in [7, 11) is 1.76. The number of hydrogen-bond donors (Lipinski definition) is 1. The highest BCUT2D eigenvalue weighted by Crippen LogP contribution is 2.21. The van der Waals surface area contributed by atoms with E-state index in [0.717, 1.165) is 38.2 Å². The minimum Gasteiger partial charge on any atom is -0.378 e. The summed E-state index contributed by atoms with van der Waals surface area (Å²) in [6, 6.07) is 6.00. The Morgan fingerprint density at radius 1 is 1.53 bits per heavy atom. The minimum atomic E-state index is -0.121. The second kappa shape index (κ2) is 6.10. The van der Waals surface area contributed by atoms with Gasteiger partial charge in [-0.2, -0.15) is 0 Å². The van der Waals surface area contributed by atoms with E-state index in [1.54, 1.807) is 7.11 Å². The zero-order valence-electron chi connectivity index (χ0n) is 10.3. The molecule has 1 aliphatic rings. The zero-order chi connectivity index (χ0) is 12.0. The van der Waals surface area contributed by atoms with E-state index in [2.05, 4.69) is 10.3 Å². The number of aromatic nitrogens is 1. The maximum atomic E-state index is 5.55. The fourth-order valence-electron chi connectivity index (χ4n) is 2.04. The summed E-state index contributed by atoms with van der Waals surface area (Å²) >= 11 is 0. The molecule has 0 bridgehead atoms. The Kier molecular flexibility index (Phi) is 4.48. The smallest absolute Gasteiger partial charge is 0.106 e. The summed E-state index contributed by atoms with van der Waals surface area (Å²) in [4.78, 5) is 4.29. The van der Waals surface area contributed by atoms with Crippen molar-refractivity contribution in [2.45, 2.75) is 18.4 Å². The lowest BCUT2D eigenvalue weighted by Gasteiger charge is -2.25. The van der Waals surface area contributed by atoms with Gasteiger partial charge in [0.25, 0.3) is 0 Å². The van der Waals surface area contributed by atoms with E-state index in [-0.39, 0.29) is 5.60 Å². The molecule has 4 nitrogen and oxygen atoms in total. The molecule has 1 aromatic heterocycles. The van der Waals surface area contributed by atoms with E-state index in [4.69, 9.17) is 9.47 Å². The Morgan fingerprint density at radius 3 is 3.12 bits per heavy atom. The summed E-state index contributed by atoms with van der Waals surface area (Å²) in [5.41, 5.74) is 0.999. The van der Waals surface area contributed by atoms with Crippen molar-refractivity contribution in [1.29, 1.82) is 0 Å². The van der Waals surface area contributed by atoms with Crippen LogP contribution in [-0.4, -0.2) is 44.0 Å². The van der Waals surface area contributed by atoms with E-state index in [9.17, 15) is 0 Å². The molecule has 0 spiro atoms. The van der Waals surface area contributed by atoms with Crippen LogP contribution in [0.25, 0.3) is 0 Å². The molecule has 1 fully saturated rings. The van der Waals surface area contributed by atoms with E-state index in [1.165, 1.54) is 0 Å². The molecule has 4 heteroatoms. The molecule has 0 aliphatic carbocycles. The molecular weight excluding hydrogens is 216 g/mol. The molecule has 94 valence electrons. The van der Waals surface area contributed by atoms with Gasteiger partial charge in [-0.15, -0.1) is 0 Å². The molecule has 1 unspecified atom stereocenters. The Morgan fingerprint density at radius 2 is 2.47 bits per heavy atom. The highest BCUT2D eigenvalue weighted by atomic mass is 16.5. The molecule has 17 heavy (non-hydrogen) atoms. The number of hydrogen-bond acceptors (Lipinski definition) is 4. The molecule has 1 N–H and O–H groups in total. The first-order chi connectivity index (χ1) is 8.35. The van der Waals surface area contributed by atoms with Crippen molar-refractivity contribution in [3.63, 3.8) is 0 Å². The van der Waals surface area contributed by atoms with Gasteiger partial charge >= 0.3 is 0 Å². The predicted octanol–water partition coefficient (Wildman–Crippen LogP) is 1.02. The Balaban J connectivity index is 1.69. The van der Waals surface area contributed by atoms with Crippen LogP contribution in [0.15, 0.2) is 24.4 Å². The molecule has 0 amide bonds. The van der Waals surface area contributed by atoms with Crippen LogP contribution in [-0.2, 0) is 15.9 Å². The molecule has 0 radical (unpaired) electrons. The third kappa shape index (κ3) is 3.49. The lowest BCUT2D eigenvalue weighted by Crippen LogP contribution is -2.43. The third-order valence-electron chi connectivity index (χ3n) is 3.23. The van der Waals surface area contributed by atoms with Crippen molar-refractivity contribution >= 4 is 0 Å². The van der Waals surface area contributed by atoms with Crippen LogP contribution in [0.1, 0.15) is 12.1 Å². The normalized spacial score (nSPS) is 24.1. The Hall–Kier alpha value is -0.970. The average molecular weight is 236 g/mol. The summed E-state index contributed by atoms with van der Waals surface area (Å²) in [5.74, 6) is 0. The van der Waals surface area contributed by atoms with E-state index in [1.807, 2.05) is 24.4 Å². The van der Waals surface area contributed by atoms with Gasteiger partial charge in [0, 0.05) is 51.5 Å². The molecule has 1 aromatic rings. The lowest BCUT2D eigenvalue weighted by molar-refractivity contribution is -0.0155. The SMILES string of the molecule is COC1(CNCCc2ccccn2)CCOC1. The third-order valence-corrected chi connectivity index (χ3v) is 3.23. The molecule has 2 rings (SSSR count). The number of nitrogens with one attached hydrogen (secondary N) is 1. The molecule has 1 aliphatic heterocycles. The number of nitrogens with zero attached hydrogens (tertiary/aromatic N) is 1. The molecular formula is C13H20N2O2. The van der Waals surface area contributed by atoms with Gasteiger partial charge in [-0.3, -0.25) is 4.98 Å². The lowest BCUT2D eigenvalue weighted by atomic mass is 10.0. The first kappa shape index (κ1) is 12.5. The molecule has 0 saturated carbocycles. The summed E-state index contributed by atoms with van der Waals surface area (Å²) < 4.78 is 10.9. The van der Waals surface area contributed by atoms with Crippen LogP contribution in [0.5, 0.6) is 0 Å². The average Bonchev–Trinajstić information content (AvgIpc) is 2.85. The van der Waals surface area contributed by atoms with Crippen molar-refractivity contribution in [3.05, 3.63) is 30.1 Å². The molecule has 1 atom stereocenters. The van der Waals surface area contributed by atoms with Gasteiger partial charge in [0.2, 0.25) is 0 Å². The van der Waals surface area contributed by atoms with E-state index < -0.39 is 0 Å². The van der Waals surface area contributed by atoms with Crippen LogP contribution < -0.4 is 5.32 Å². The second-order valence-electron chi connectivity index (χ2n) is 4.44. The first-order valence-corrected chi connectivity index (χ1v) is 6.08. The van der Waals surface area contributed by atoms with Crippen LogP contribution in [0.3, 0.4) is 0 Å². The van der Waals surface area contributed by atoms with Crippen molar-refractivity contribution in [1.82, 2.24) is 10.3 Å². The van der Waals surface area contributed by atoms with Crippen molar-refractivity contribution < 1.29 is 9.47 Å². The predicted molar refractivity (Wildman–Crippen MR) is 66.0 cm³/mol. The molecule has 1 saturated heterocycles. The van der Waals surface area contributed by atoms with Gasteiger partial charge in [0.1, 0.15) is 5.60 Å². The van der Waals surface area contributed by atoms with Gasteiger partial charge in [0.15, 0.2) is 0 Å². The van der Waals surface area contributed by atoms with Gasteiger partial charge < -0.3 is 14.8 Å². The topological polar surface area (TPSA) is 43.4 Å². The van der Waals surface area contributed by atoms with E-state index >= 15 is 0 Å². The van der Waals surface area contributed by atoms with Gasteiger partial charge in [-0.05, 0) is 12.1 Å². The van der Waals surface area contributed by atoms with Crippen LogP contribution in [0.2, 0.25) is 0 Å². The second-order valence-corrected chi connectivity index (χ2v) is 4.44. The number of ether oxygens (including phenoxy) is 2. The van der Waals surface area contributed by atoms with Gasteiger partial charge in [-0.1, -0.05) is 6.07 Å². The Bertz CT molecular complexity index is 323. The van der Waals surface area contributed by atoms with Crippen LogP contribution >= 0.6 is 0 Å². The largest absolute Gasteiger partial charge is 0.378 e. The number of methoxy groups -OCH3 is 1. The molecule has 2 heterocycles. The summed E-state index contributed by atoms with van der Waals surface area (Å²) in [5, 5.41) is 3.42. The van der Waals surface area contributed by atoms with E-state index in [0.29, 0.717) is 6.61 Å². The Labute approximate surface area is 102 Å². The fourth-order valence-corrected chi connectivity index (χ4v) is 2.04. The van der Waals surface area contributed by atoms with Crippen molar-refractivity contribution in [2.75, 3.05) is 33.4 Å². The molecule has 0 aromatic carbocycles. The summed E-state index contributed by atoms with van der Waals surface area (Å²) in [6.07, 6.45) is 3.75. The van der Waals surface area contributed by atoms with Crippen LogP contribution in [0.4, 0.5) is 0 Å². The van der Waals surface area contributed by atoms with Gasteiger partial charge in [-0.25, -0.2) is 0 Å². The monoisotopic (exact) mass is 236 g/mol. The van der Waals surface area contributed by atoms with Crippen molar-refractivity contribution in [3.8, 4) is 0 Å². The quantitative estimate of drug-likeness (QED) is 0.749. The van der Waals surface area contributed by atoms with Gasteiger partial charge in [0.05, 0.1) is 6.61 Å². The maximum absolute atomic E-state index is 5.55. The number of pyridine rings is 1. The highest BCUT2D eigenvalue weighted by Gasteiger charge is 2.34. The highest BCUT2D eigenvalue weighted by molar-refractivity contribution is 5.03. The van der Waals surface area contributed by atoms with Crippen LogP contribution in [0, 0.1) is 0 Å². The first-order valence-electron chi connectivity index (χ1n) is 6.08.